The Balaban J connectivity index is 1.53. The summed E-state index contributed by atoms with van der Waals surface area (Å²) < 4.78 is 0. The number of rotatable bonds is 19. The highest BCUT2D eigenvalue weighted by Gasteiger charge is 2.20. The van der Waals surface area contributed by atoms with Crippen LogP contribution in [-0.2, 0) is 12.8 Å². The van der Waals surface area contributed by atoms with Gasteiger partial charge in [-0.2, -0.15) is 0 Å². The molecule has 2 heteroatoms. The minimum Gasteiger partial charge on any atom is -0.507 e. The maximum Gasteiger partial charge on any atom is 0.124 e. The summed E-state index contributed by atoms with van der Waals surface area (Å²) in [6, 6.07) is 20.7. The topological polar surface area (TPSA) is 40.5 Å². The van der Waals surface area contributed by atoms with Crippen molar-refractivity contribution in [3.05, 3.63) is 71.8 Å². The summed E-state index contributed by atoms with van der Waals surface area (Å²) in [6.07, 6.45) is 22.6. The minimum absolute atomic E-state index is 0.263. The fraction of sp³-hybridized carbons (Fsp3) is 0.500. The summed E-state index contributed by atoms with van der Waals surface area (Å²) >= 11 is 0. The van der Waals surface area contributed by atoms with Gasteiger partial charge >= 0.3 is 0 Å². The summed E-state index contributed by atoms with van der Waals surface area (Å²) in [4.78, 5) is 0. The predicted octanol–water partition coefficient (Wildman–Crippen LogP) is 12.4. The van der Waals surface area contributed by atoms with Crippen LogP contribution in [0.15, 0.2) is 60.7 Å². The Hall–Kier alpha value is -3.00. The Morgan fingerprint density at radius 2 is 0.714 bits per heavy atom. The Labute approximate surface area is 255 Å². The first-order valence-electron chi connectivity index (χ1n) is 17.1. The first kappa shape index (κ1) is 31.9. The average Bonchev–Trinajstić information content (AvgIpc) is 3.00. The molecule has 0 aromatic heterocycles. The molecule has 0 radical (unpaired) electrons. The summed E-state index contributed by atoms with van der Waals surface area (Å²) in [5.41, 5.74) is 3.90. The number of aryl methyl sites for hydroxylation is 2. The number of phenolic OH excluding ortho intramolecular Hbond substituents is 2. The van der Waals surface area contributed by atoms with Crippen LogP contribution in [0.5, 0.6) is 11.5 Å². The van der Waals surface area contributed by atoms with E-state index in [-0.39, 0.29) is 11.5 Å². The highest BCUT2D eigenvalue weighted by Crippen LogP contribution is 2.46. The molecule has 4 rings (SSSR count). The molecule has 0 amide bonds. The minimum atomic E-state index is 0.263. The van der Waals surface area contributed by atoms with Crippen LogP contribution in [0.4, 0.5) is 0 Å². The molecule has 0 aliphatic heterocycles. The predicted molar refractivity (Wildman–Crippen MR) is 183 cm³/mol. The summed E-state index contributed by atoms with van der Waals surface area (Å²) in [5, 5.41) is 27.4. The van der Waals surface area contributed by atoms with Gasteiger partial charge in [0.05, 0.1) is 0 Å². The second kappa shape index (κ2) is 17.2. The second-order valence-corrected chi connectivity index (χ2v) is 12.4. The molecule has 0 saturated carbocycles. The summed E-state index contributed by atoms with van der Waals surface area (Å²) in [5.74, 6) is 0.527. The lowest BCUT2D eigenvalue weighted by molar-refractivity contribution is 0.469. The number of aromatic hydroxyl groups is 2. The normalized spacial score (nSPS) is 11.6. The van der Waals surface area contributed by atoms with Gasteiger partial charge in [-0.15, -0.1) is 0 Å². The molecule has 4 aromatic rings. The third-order valence-corrected chi connectivity index (χ3v) is 9.07. The van der Waals surface area contributed by atoms with E-state index in [0.717, 1.165) is 47.6 Å². The van der Waals surface area contributed by atoms with E-state index in [9.17, 15) is 10.2 Å². The Bertz CT molecular complexity index is 1280. The van der Waals surface area contributed by atoms with Crippen LogP contribution in [0.3, 0.4) is 0 Å². The third-order valence-electron chi connectivity index (χ3n) is 9.07. The quantitative estimate of drug-likeness (QED) is 0.111. The fourth-order valence-corrected chi connectivity index (χ4v) is 6.71. The molecule has 0 fully saturated rings. The van der Waals surface area contributed by atoms with Crippen LogP contribution in [0.1, 0.15) is 128 Å². The van der Waals surface area contributed by atoms with Crippen molar-refractivity contribution >= 4 is 21.5 Å². The smallest absolute Gasteiger partial charge is 0.124 e. The Morgan fingerprint density at radius 1 is 0.405 bits per heavy atom. The van der Waals surface area contributed by atoms with Gasteiger partial charge in [0.1, 0.15) is 11.5 Å². The summed E-state index contributed by atoms with van der Waals surface area (Å²) in [7, 11) is 0. The zero-order valence-electron chi connectivity index (χ0n) is 26.4. The Kier molecular flexibility index (Phi) is 13.1. The van der Waals surface area contributed by atoms with Gasteiger partial charge in [0, 0.05) is 11.1 Å². The van der Waals surface area contributed by atoms with Crippen molar-refractivity contribution in [1.82, 2.24) is 0 Å². The maximum atomic E-state index is 11.5. The number of unbranched alkanes of at least 4 members (excludes halogenated alkanes) is 14. The lowest BCUT2D eigenvalue weighted by atomic mass is 9.87. The molecule has 0 saturated heterocycles. The van der Waals surface area contributed by atoms with Gasteiger partial charge in [0.15, 0.2) is 0 Å². The van der Waals surface area contributed by atoms with Crippen molar-refractivity contribution in [2.45, 2.75) is 129 Å². The van der Waals surface area contributed by atoms with Crippen LogP contribution < -0.4 is 0 Å². The van der Waals surface area contributed by atoms with Gasteiger partial charge in [-0.1, -0.05) is 152 Å². The number of benzene rings is 4. The van der Waals surface area contributed by atoms with Crippen LogP contribution in [0.2, 0.25) is 0 Å². The molecule has 4 aromatic carbocycles. The molecular weight excluding hydrogens is 512 g/mol. The zero-order chi connectivity index (χ0) is 29.6. The molecule has 0 heterocycles. The largest absolute Gasteiger partial charge is 0.507 e. The molecule has 2 nitrogen and oxygen atoms in total. The lowest BCUT2D eigenvalue weighted by Gasteiger charge is -2.18. The first-order chi connectivity index (χ1) is 20.7. The molecule has 42 heavy (non-hydrogen) atoms. The van der Waals surface area contributed by atoms with Crippen molar-refractivity contribution < 1.29 is 10.2 Å². The van der Waals surface area contributed by atoms with E-state index < -0.39 is 0 Å². The molecule has 0 atom stereocenters. The standard InChI is InChI=1S/C40H54O2/c1-3-5-7-9-11-13-15-17-23-31-29-37(41)39(35-27-21-19-25-33(31)35)40-36-28-22-20-26-34(36)32(30-38(40)42)24-18-16-14-12-10-8-6-4-2/h19-22,25-30,41-42H,3-18,23-24H2,1-2H3. The van der Waals surface area contributed by atoms with Crippen molar-refractivity contribution in [2.75, 3.05) is 0 Å². The number of fused-ring (bicyclic) bond motifs is 2. The molecule has 0 spiro atoms. The summed E-state index contributed by atoms with van der Waals surface area (Å²) in [6.45, 7) is 4.53. The second-order valence-electron chi connectivity index (χ2n) is 12.4. The van der Waals surface area contributed by atoms with Gasteiger partial charge in [-0.25, -0.2) is 0 Å². The molecule has 0 unspecified atom stereocenters. The number of hydrogen-bond acceptors (Lipinski definition) is 2. The van der Waals surface area contributed by atoms with Crippen molar-refractivity contribution in [1.29, 1.82) is 0 Å². The van der Waals surface area contributed by atoms with E-state index in [2.05, 4.69) is 50.2 Å². The highest BCUT2D eigenvalue weighted by molar-refractivity contribution is 6.11. The molecular formula is C40H54O2. The first-order valence-corrected chi connectivity index (χ1v) is 17.1. The van der Waals surface area contributed by atoms with Crippen LogP contribution in [0, 0.1) is 0 Å². The van der Waals surface area contributed by atoms with E-state index in [0.29, 0.717) is 0 Å². The van der Waals surface area contributed by atoms with Gasteiger partial charge in [-0.3, -0.25) is 0 Å². The highest BCUT2D eigenvalue weighted by atomic mass is 16.3. The number of hydrogen-bond donors (Lipinski definition) is 2. The van der Waals surface area contributed by atoms with Gasteiger partial charge in [0.2, 0.25) is 0 Å². The average molecular weight is 567 g/mol. The third kappa shape index (κ3) is 8.52. The Morgan fingerprint density at radius 3 is 1.07 bits per heavy atom. The van der Waals surface area contributed by atoms with E-state index in [1.165, 1.54) is 112 Å². The fourth-order valence-electron chi connectivity index (χ4n) is 6.71. The molecule has 0 aliphatic rings. The van der Waals surface area contributed by atoms with Gasteiger partial charge < -0.3 is 10.2 Å². The van der Waals surface area contributed by atoms with Crippen LogP contribution in [-0.4, -0.2) is 10.2 Å². The zero-order valence-corrected chi connectivity index (χ0v) is 26.4. The SMILES string of the molecule is CCCCCCCCCCc1cc(O)c(-c2c(O)cc(CCCCCCCCCC)c3ccccc23)c2ccccc12. The van der Waals surface area contributed by atoms with E-state index in [4.69, 9.17) is 0 Å². The molecule has 226 valence electrons. The lowest BCUT2D eigenvalue weighted by Crippen LogP contribution is -1.95. The maximum absolute atomic E-state index is 11.5. The molecule has 2 N–H and O–H groups in total. The number of phenols is 2. The van der Waals surface area contributed by atoms with Crippen molar-refractivity contribution in [2.24, 2.45) is 0 Å². The van der Waals surface area contributed by atoms with Gasteiger partial charge in [-0.05, 0) is 70.5 Å². The van der Waals surface area contributed by atoms with Gasteiger partial charge in [0.25, 0.3) is 0 Å². The van der Waals surface area contributed by atoms with Crippen molar-refractivity contribution in [3.8, 4) is 22.6 Å². The molecule has 0 bridgehead atoms. The van der Waals surface area contributed by atoms with Crippen molar-refractivity contribution in [3.63, 3.8) is 0 Å². The van der Waals surface area contributed by atoms with E-state index in [1.54, 1.807) is 0 Å². The van der Waals surface area contributed by atoms with E-state index in [1.807, 2.05) is 24.3 Å². The molecule has 0 aliphatic carbocycles. The van der Waals surface area contributed by atoms with E-state index >= 15 is 0 Å². The van der Waals surface area contributed by atoms with Crippen LogP contribution >= 0.6 is 0 Å². The monoisotopic (exact) mass is 566 g/mol. The van der Waals surface area contributed by atoms with Crippen LogP contribution in [0.25, 0.3) is 32.7 Å².